The molecule has 18 heteroatoms. The van der Waals surface area contributed by atoms with Crippen LogP contribution in [0, 0.1) is 0 Å². The molecule has 2 aliphatic heterocycles. The van der Waals surface area contributed by atoms with Crippen LogP contribution < -0.4 is 14.9 Å². The zero-order valence-electron chi connectivity index (χ0n) is 24.0. The van der Waals surface area contributed by atoms with E-state index < -0.39 is 125 Å². The first-order chi connectivity index (χ1) is 21.7. The maximum Gasteiger partial charge on any atom is 0.235 e. The van der Waals surface area contributed by atoms with E-state index in [1.54, 1.807) is 0 Å². The van der Waals surface area contributed by atoms with Gasteiger partial charge in [0.2, 0.25) is 34.7 Å². The number of phenolic OH excluding ortho intramolecular Hbond substituents is 4. The standard InChI is InChI=1S/C28H32O18/c1-7-14(32)18(36)21(39)27(42-7)46-26-20(38)17(35)13(6-29)43-28(26)45-25-11(31)5-9-15(33)19(37)23(44-24(9)22(25)40)8-3-10(30)16(34)12(4-8)41-2/h3-5,7,13-14,17-18,20-21,26-32,34-40H,6H2,1-2H3/t7-,13+,14-,17-,18+,20-,21-,26+,27-,28-/m0/s1. The van der Waals surface area contributed by atoms with Crippen molar-refractivity contribution in [1.82, 2.24) is 0 Å². The molecule has 0 radical (unpaired) electrons. The van der Waals surface area contributed by atoms with Crippen molar-refractivity contribution in [2.24, 2.45) is 0 Å². The zero-order chi connectivity index (χ0) is 33.8. The van der Waals surface area contributed by atoms with Crippen LogP contribution in [-0.4, -0.2) is 131 Å². The van der Waals surface area contributed by atoms with Gasteiger partial charge in [0.15, 0.2) is 41.0 Å². The minimum absolute atomic E-state index is 0.182. The minimum atomic E-state index is -1.94. The Morgan fingerprint density at radius 3 is 2.13 bits per heavy atom. The monoisotopic (exact) mass is 656 g/mol. The van der Waals surface area contributed by atoms with Crippen molar-refractivity contribution in [3.05, 3.63) is 28.4 Å². The molecule has 0 amide bonds. The molecule has 3 heterocycles. The normalized spacial score (nSPS) is 31.6. The number of hydrogen-bond donors (Lipinski definition) is 11. The molecule has 2 fully saturated rings. The molecule has 10 atom stereocenters. The second-order valence-corrected chi connectivity index (χ2v) is 10.7. The average Bonchev–Trinajstić information content (AvgIpc) is 3.03. The van der Waals surface area contributed by atoms with Gasteiger partial charge in [-0.25, -0.2) is 0 Å². The molecule has 1 aromatic heterocycles. The summed E-state index contributed by atoms with van der Waals surface area (Å²) in [6, 6.07) is 2.79. The van der Waals surface area contributed by atoms with E-state index in [2.05, 4.69) is 0 Å². The highest BCUT2D eigenvalue weighted by Gasteiger charge is 2.51. The van der Waals surface area contributed by atoms with Gasteiger partial charge in [-0.3, -0.25) is 4.79 Å². The minimum Gasteiger partial charge on any atom is -0.504 e. The van der Waals surface area contributed by atoms with E-state index in [0.717, 1.165) is 18.2 Å². The number of fused-ring (bicyclic) bond motifs is 1. The third-order valence-corrected chi connectivity index (χ3v) is 7.76. The molecule has 0 unspecified atom stereocenters. The second kappa shape index (κ2) is 12.6. The number of benzene rings is 2. The van der Waals surface area contributed by atoms with Gasteiger partial charge in [0.05, 0.1) is 25.2 Å². The lowest BCUT2D eigenvalue weighted by Crippen LogP contribution is -2.64. The van der Waals surface area contributed by atoms with Crippen molar-refractivity contribution in [1.29, 1.82) is 0 Å². The first kappa shape index (κ1) is 33.3. The van der Waals surface area contributed by atoms with Gasteiger partial charge in [0.1, 0.15) is 36.6 Å². The molecule has 2 aromatic carbocycles. The predicted octanol–water partition coefficient (Wildman–Crippen LogP) is -1.97. The van der Waals surface area contributed by atoms with E-state index in [-0.39, 0.29) is 11.3 Å². The second-order valence-electron chi connectivity index (χ2n) is 10.7. The Kier molecular flexibility index (Phi) is 9.10. The lowest BCUT2D eigenvalue weighted by molar-refractivity contribution is -0.354. The Morgan fingerprint density at radius 2 is 1.48 bits per heavy atom. The fourth-order valence-corrected chi connectivity index (χ4v) is 5.16. The topological polar surface area (TPSA) is 299 Å². The number of aliphatic hydroxyl groups excluding tert-OH is 6. The Labute approximate surface area is 257 Å². The fraction of sp³-hybridized carbons (Fsp3) is 0.464. The van der Waals surface area contributed by atoms with Gasteiger partial charge in [-0.1, -0.05) is 0 Å². The van der Waals surface area contributed by atoms with Gasteiger partial charge in [-0.2, -0.15) is 0 Å². The molecule has 0 aliphatic carbocycles. The number of ether oxygens (including phenoxy) is 5. The maximum atomic E-state index is 13.1. The van der Waals surface area contributed by atoms with E-state index in [1.807, 2.05) is 0 Å². The predicted molar refractivity (Wildman–Crippen MR) is 148 cm³/mol. The summed E-state index contributed by atoms with van der Waals surface area (Å²) in [5.74, 6) is -6.05. The van der Waals surface area contributed by atoms with Crippen LogP contribution in [0.1, 0.15) is 6.92 Å². The lowest BCUT2D eigenvalue weighted by Gasteiger charge is -2.45. The molecule has 0 bridgehead atoms. The van der Waals surface area contributed by atoms with E-state index in [4.69, 9.17) is 28.1 Å². The molecule has 5 rings (SSSR count). The smallest absolute Gasteiger partial charge is 0.235 e. The first-order valence-corrected chi connectivity index (χ1v) is 13.7. The Balaban J connectivity index is 1.57. The van der Waals surface area contributed by atoms with Crippen molar-refractivity contribution < 1.29 is 84.3 Å². The highest BCUT2D eigenvalue weighted by atomic mass is 16.8. The summed E-state index contributed by atoms with van der Waals surface area (Å²) in [5.41, 5.74) is -1.99. The lowest BCUT2D eigenvalue weighted by atomic mass is 9.97. The molecule has 0 spiro atoms. The van der Waals surface area contributed by atoms with Crippen LogP contribution in [0.3, 0.4) is 0 Å². The number of phenols is 4. The van der Waals surface area contributed by atoms with Crippen molar-refractivity contribution >= 4 is 11.0 Å². The molecule has 18 nitrogen and oxygen atoms in total. The maximum absolute atomic E-state index is 13.1. The fourth-order valence-electron chi connectivity index (χ4n) is 5.16. The summed E-state index contributed by atoms with van der Waals surface area (Å²) >= 11 is 0. The first-order valence-electron chi connectivity index (χ1n) is 13.7. The van der Waals surface area contributed by atoms with Crippen molar-refractivity contribution in [2.75, 3.05) is 13.7 Å². The summed E-state index contributed by atoms with van der Waals surface area (Å²) in [7, 11) is 1.17. The van der Waals surface area contributed by atoms with E-state index in [0.29, 0.717) is 0 Å². The Hall–Kier alpha value is -4.11. The Morgan fingerprint density at radius 1 is 0.783 bits per heavy atom. The van der Waals surface area contributed by atoms with Crippen LogP contribution in [0.4, 0.5) is 0 Å². The van der Waals surface area contributed by atoms with Crippen molar-refractivity contribution in [3.8, 4) is 51.6 Å². The van der Waals surface area contributed by atoms with E-state index in [9.17, 15) is 61.0 Å². The third-order valence-electron chi connectivity index (χ3n) is 7.76. The third kappa shape index (κ3) is 5.59. The summed E-state index contributed by atoms with van der Waals surface area (Å²) in [4.78, 5) is 13.1. The van der Waals surface area contributed by atoms with Crippen LogP contribution in [-0.2, 0) is 14.2 Å². The van der Waals surface area contributed by atoms with Gasteiger partial charge in [0.25, 0.3) is 0 Å². The highest BCUT2D eigenvalue weighted by Crippen LogP contribution is 2.47. The van der Waals surface area contributed by atoms with Gasteiger partial charge >= 0.3 is 0 Å². The molecule has 2 saturated heterocycles. The van der Waals surface area contributed by atoms with Gasteiger partial charge in [-0.15, -0.1) is 0 Å². The van der Waals surface area contributed by atoms with Crippen molar-refractivity contribution in [2.45, 2.75) is 68.3 Å². The number of rotatable bonds is 7. The largest absolute Gasteiger partial charge is 0.504 e. The van der Waals surface area contributed by atoms with Crippen LogP contribution in [0.15, 0.2) is 27.4 Å². The zero-order valence-corrected chi connectivity index (χ0v) is 24.0. The van der Waals surface area contributed by atoms with E-state index >= 15 is 0 Å². The molecular formula is C28H32O18. The summed E-state index contributed by atoms with van der Waals surface area (Å²) in [5, 5.41) is 114. The van der Waals surface area contributed by atoms with Crippen LogP contribution in [0.25, 0.3) is 22.3 Å². The molecule has 252 valence electrons. The SMILES string of the molecule is COc1cc(-c2oc3c(O)c(O[C@@H]4O[C@H](CO)[C@H](O)[C@H](O)[C@H]4O[C@@H]4O[C@@H](C)[C@H](O)[C@@H](O)[C@@H]4O)c(O)cc3c(=O)c2O)cc(O)c1O. The van der Waals surface area contributed by atoms with Gasteiger partial charge in [-0.05, 0) is 25.1 Å². The molecular weight excluding hydrogens is 624 g/mol. The number of methoxy groups -OCH3 is 1. The van der Waals surface area contributed by atoms with Crippen LogP contribution >= 0.6 is 0 Å². The number of aromatic hydroxyl groups is 5. The van der Waals surface area contributed by atoms with Gasteiger partial charge < -0.3 is 84.3 Å². The molecule has 2 aliphatic rings. The Bertz CT molecular complexity index is 1660. The molecule has 11 N–H and O–H groups in total. The molecule has 0 saturated carbocycles. The van der Waals surface area contributed by atoms with Gasteiger partial charge in [0, 0.05) is 5.56 Å². The number of hydrogen-bond acceptors (Lipinski definition) is 18. The average molecular weight is 657 g/mol. The van der Waals surface area contributed by atoms with Crippen LogP contribution in [0.5, 0.6) is 40.2 Å². The quantitative estimate of drug-likeness (QED) is 0.123. The highest BCUT2D eigenvalue weighted by molar-refractivity contribution is 5.90. The summed E-state index contributed by atoms with van der Waals surface area (Å²) < 4.78 is 32.7. The molecule has 3 aromatic rings. The molecule has 46 heavy (non-hydrogen) atoms. The van der Waals surface area contributed by atoms with Crippen LogP contribution in [0.2, 0.25) is 0 Å². The number of aliphatic hydroxyl groups is 6. The van der Waals surface area contributed by atoms with E-state index in [1.165, 1.54) is 14.0 Å². The summed E-state index contributed by atoms with van der Waals surface area (Å²) in [6.07, 6.45) is -16.9. The summed E-state index contributed by atoms with van der Waals surface area (Å²) in [6.45, 7) is 0.501. The van der Waals surface area contributed by atoms with Crippen molar-refractivity contribution in [3.63, 3.8) is 0 Å².